The summed E-state index contributed by atoms with van der Waals surface area (Å²) < 4.78 is 63.3. The number of hydrogen-bond donors (Lipinski definition) is 1. The molecule has 3 atom stereocenters. The number of ether oxygens (including phenoxy) is 1. The second-order valence-corrected chi connectivity index (χ2v) is 11.5. The fourth-order valence-corrected chi connectivity index (χ4v) is 6.15. The minimum atomic E-state index is -3.55. The second-order valence-electron chi connectivity index (χ2n) is 9.51. The molecule has 2 aliphatic heterocycles. The zero-order valence-electron chi connectivity index (χ0n) is 19.0. The van der Waals surface area contributed by atoms with Gasteiger partial charge in [0.25, 0.3) is 5.91 Å². The summed E-state index contributed by atoms with van der Waals surface area (Å²) in [4.78, 5) is 14.9. The van der Waals surface area contributed by atoms with Crippen molar-refractivity contribution in [2.75, 3.05) is 18.9 Å². The lowest BCUT2D eigenvalue weighted by Crippen LogP contribution is -2.53. The topological polar surface area (TPSA) is 75.7 Å². The molecule has 1 N–H and O–H groups in total. The monoisotopic (exact) mass is 490 g/mol. The van der Waals surface area contributed by atoms with Gasteiger partial charge in [0.15, 0.2) is 0 Å². The van der Waals surface area contributed by atoms with Crippen LogP contribution in [-0.2, 0) is 26.0 Å². The zero-order valence-corrected chi connectivity index (χ0v) is 19.8. The molecule has 34 heavy (non-hydrogen) atoms. The summed E-state index contributed by atoms with van der Waals surface area (Å²) in [7, 11) is -3.55. The highest BCUT2D eigenvalue weighted by molar-refractivity contribution is 7.89. The number of halogens is 2. The highest BCUT2D eigenvalue weighted by atomic mass is 32.2. The number of rotatable bonds is 7. The lowest BCUT2D eigenvalue weighted by molar-refractivity contribution is -0.157. The van der Waals surface area contributed by atoms with Crippen LogP contribution in [0.5, 0.6) is 0 Å². The number of nitrogens with one attached hydrogen (secondary N) is 1. The predicted octanol–water partition coefficient (Wildman–Crippen LogP) is 3.26. The molecule has 182 valence electrons. The van der Waals surface area contributed by atoms with Crippen LogP contribution in [-0.4, -0.2) is 56.3 Å². The van der Waals surface area contributed by atoms with E-state index in [0.717, 1.165) is 12.8 Å². The standard InChI is InChI=1S/C25H28F2N2O4S/c1-2-34(31,32)28-23-20(29(15-25(23)11-12-25)24(30)21-10-13-33-21)14-16-6-5-8-18(22(16)27)17-7-3-4-9-19(17)26/h3-9,20-21,23,28H,2,10-15H2,1H3/t20-,21?,23+/m0/s1. The molecule has 9 heteroatoms. The summed E-state index contributed by atoms with van der Waals surface area (Å²) in [6, 6.07) is 9.72. The van der Waals surface area contributed by atoms with Crippen molar-refractivity contribution in [2.45, 2.75) is 50.8 Å². The van der Waals surface area contributed by atoms with Gasteiger partial charge < -0.3 is 9.64 Å². The molecule has 5 rings (SSSR count). The number of carbonyl (C=O) groups is 1. The van der Waals surface area contributed by atoms with Gasteiger partial charge in [-0.2, -0.15) is 0 Å². The summed E-state index contributed by atoms with van der Waals surface area (Å²) in [5.74, 6) is -1.34. The van der Waals surface area contributed by atoms with E-state index in [1.807, 2.05) is 0 Å². The van der Waals surface area contributed by atoms with E-state index >= 15 is 4.39 Å². The van der Waals surface area contributed by atoms with Gasteiger partial charge in [-0.05, 0) is 37.8 Å². The van der Waals surface area contributed by atoms with Crippen LogP contribution >= 0.6 is 0 Å². The Kier molecular flexibility index (Phi) is 5.98. The first-order valence-corrected chi connectivity index (χ1v) is 13.3. The first-order chi connectivity index (χ1) is 16.2. The molecular weight excluding hydrogens is 462 g/mol. The third-order valence-corrected chi connectivity index (χ3v) is 8.81. The molecule has 1 saturated carbocycles. The van der Waals surface area contributed by atoms with Crippen LogP contribution in [0.4, 0.5) is 8.78 Å². The van der Waals surface area contributed by atoms with Crippen LogP contribution in [0.3, 0.4) is 0 Å². The zero-order chi connectivity index (χ0) is 24.1. The Hall–Kier alpha value is -2.36. The van der Waals surface area contributed by atoms with E-state index in [4.69, 9.17) is 4.74 Å². The molecule has 1 aliphatic carbocycles. The molecule has 2 aromatic rings. The lowest BCUT2D eigenvalue weighted by atomic mass is 9.91. The summed E-state index contributed by atoms with van der Waals surface area (Å²) >= 11 is 0. The SMILES string of the molecule is CCS(=O)(=O)N[C@@H]1[C@H](Cc2cccc(-c3ccccc3F)c2F)N(C(=O)C2CCO2)CC12CC2. The highest BCUT2D eigenvalue weighted by Crippen LogP contribution is 2.56. The molecular formula is C25H28F2N2O4S. The number of benzene rings is 2. The molecule has 3 aliphatic rings. The smallest absolute Gasteiger partial charge is 0.252 e. The van der Waals surface area contributed by atoms with Crippen molar-refractivity contribution in [3.05, 3.63) is 59.7 Å². The Labute approximate surface area is 198 Å². The number of amides is 1. The minimum absolute atomic E-state index is 0.0802. The molecule has 3 fully saturated rings. The van der Waals surface area contributed by atoms with Gasteiger partial charge in [0.05, 0.1) is 18.4 Å². The van der Waals surface area contributed by atoms with Gasteiger partial charge in [-0.1, -0.05) is 36.4 Å². The molecule has 1 amide bonds. The Bertz CT molecular complexity index is 1210. The Morgan fingerprint density at radius 1 is 1.15 bits per heavy atom. The Balaban J connectivity index is 1.52. The van der Waals surface area contributed by atoms with Gasteiger partial charge >= 0.3 is 0 Å². The third kappa shape index (κ3) is 4.14. The summed E-state index contributed by atoms with van der Waals surface area (Å²) in [6.07, 6.45) is 1.80. The van der Waals surface area contributed by atoms with Crippen LogP contribution in [0.1, 0.15) is 31.7 Å². The molecule has 0 radical (unpaired) electrons. The van der Waals surface area contributed by atoms with Crippen LogP contribution in [0, 0.1) is 17.0 Å². The van der Waals surface area contributed by atoms with E-state index < -0.39 is 39.8 Å². The number of hydrogen-bond acceptors (Lipinski definition) is 4. The molecule has 0 bridgehead atoms. The van der Waals surface area contributed by atoms with Crippen molar-refractivity contribution in [1.29, 1.82) is 0 Å². The number of nitrogens with zero attached hydrogens (tertiary/aromatic N) is 1. The second kappa shape index (κ2) is 8.70. The van der Waals surface area contributed by atoms with E-state index in [1.165, 1.54) is 18.2 Å². The molecule has 1 spiro atoms. The largest absolute Gasteiger partial charge is 0.368 e. The van der Waals surface area contributed by atoms with Crippen molar-refractivity contribution in [3.63, 3.8) is 0 Å². The summed E-state index contributed by atoms with van der Waals surface area (Å²) in [6.45, 7) is 2.50. The van der Waals surface area contributed by atoms with Gasteiger partial charge in [0, 0.05) is 35.5 Å². The molecule has 6 nitrogen and oxygen atoms in total. The average Bonchev–Trinajstić information content (AvgIpc) is 3.50. The van der Waals surface area contributed by atoms with Crippen molar-refractivity contribution in [3.8, 4) is 11.1 Å². The fourth-order valence-electron chi connectivity index (χ4n) is 5.19. The maximum Gasteiger partial charge on any atom is 0.252 e. The number of likely N-dealkylation sites (tertiary alicyclic amines) is 1. The molecule has 2 heterocycles. The van der Waals surface area contributed by atoms with Crippen molar-refractivity contribution in [1.82, 2.24) is 9.62 Å². The van der Waals surface area contributed by atoms with Crippen LogP contribution < -0.4 is 4.72 Å². The normalized spacial score (nSPS) is 25.4. The van der Waals surface area contributed by atoms with Crippen molar-refractivity contribution >= 4 is 15.9 Å². The van der Waals surface area contributed by atoms with Gasteiger partial charge in [0.1, 0.15) is 17.7 Å². The molecule has 2 saturated heterocycles. The van der Waals surface area contributed by atoms with Crippen molar-refractivity contribution in [2.24, 2.45) is 5.41 Å². The maximum atomic E-state index is 15.7. The van der Waals surface area contributed by atoms with Gasteiger partial charge in [0.2, 0.25) is 10.0 Å². The van der Waals surface area contributed by atoms with E-state index in [1.54, 1.807) is 36.1 Å². The van der Waals surface area contributed by atoms with Crippen LogP contribution in [0.25, 0.3) is 11.1 Å². The average molecular weight is 491 g/mol. The van der Waals surface area contributed by atoms with Gasteiger partial charge in [-0.25, -0.2) is 21.9 Å². The van der Waals surface area contributed by atoms with Crippen LogP contribution in [0.15, 0.2) is 42.5 Å². The first kappa shape index (κ1) is 23.4. The molecule has 1 unspecified atom stereocenters. The molecule has 2 aromatic carbocycles. The predicted molar refractivity (Wildman–Crippen MR) is 123 cm³/mol. The quantitative estimate of drug-likeness (QED) is 0.647. The van der Waals surface area contributed by atoms with E-state index in [9.17, 15) is 17.6 Å². The Morgan fingerprint density at radius 2 is 1.85 bits per heavy atom. The minimum Gasteiger partial charge on any atom is -0.368 e. The first-order valence-electron chi connectivity index (χ1n) is 11.7. The maximum absolute atomic E-state index is 15.7. The number of sulfonamides is 1. The Morgan fingerprint density at radius 3 is 2.47 bits per heavy atom. The van der Waals surface area contributed by atoms with Gasteiger partial charge in [-0.3, -0.25) is 4.79 Å². The van der Waals surface area contributed by atoms with Gasteiger partial charge in [-0.15, -0.1) is 0 Å². The van der Waals surface area contributed by atoms with E-state index in [2.05, 4.69) is 4.72 Å². The highest BCUT2D eigenvalue weighted by Gasteiger charge is 2.61. The lowest BCUT2D eigenvalue weighted by Gasteiger charge is -2.34. The number of carbonyl (C=O) groups excluding carboxylic acids is 1. The van der Waals surface area contributed by atoms with Crippen molar-refractivity contribution < 1.29 is 26.7 Å². The fraction of sp³-hybridized carbons (Fsp3) is 0.480. The van der Waals surface area contributed by atoms with E-state index in [0.29, 0.717) is 25.1 Å². The third-order valence-electron chi connectivity index (χ3n) is 7.44. The van der Waals surface area contributed by atoms with Crippen LogP contribution in [0.2, 0.25) is 0 Å². The van der Waals surface area contributed by atoms with E-state index in [-0.39, 0.29) is 34.6 Å². The summed E-state index contributed by atoms with van der Waals surface area (Å²) in [5, 5.41) is 0. The molecule has 0 aromatic heterocycles. The summed E-state index contributed by atoms with van der Waals surface area (Å²) in [5.41, 5.74) is 0.273.